The summed E-state index contributed by atoms with van der Waals surface area (Å²) in [6.07, 6.45) is 1.83. The van der Waals surface area contributed by atoms with Crippen LogP contribution < -0.4 is 15.7 Å². The van der Waals surface area contributed by atoms with Crippen molar-refractivity contribution in [2.45, 2.75) is 25.9 Å². The molecule has 1 unspecified atom stereocenters. The molecule has 1 amide bonds. The highest BCUT2D eigenvalue weighted by molar-refractivity contribution is 5.97. The maximum Gasteiger partial charge on any atom is 0.349 e. The van der Waals surface area contributed by atoms with Crippen molar-refractivity contribution in [3.63, 3.8) is 0 Å². The second-order valence-electron chi connectivity index (χ2n) is 7.25. The third-order valence-electron chi connectivity index (χ3n) is 4.93. The van der Waals surface area contributed by atoms with Crippen LogP contribution in [0.5, 0.6) is 5.75 Å². The van der Waals surface area contributed by atoms with E-state index in [-0.39, 0.29) is 23.0 Å². The fraction of sp³-hybridized carbons (Fsp3) is 0.261. The number of benzene rings is 2. The molecule has 1 aliphatic heterocycles. The summed E-state index contributed by atoms with van der Waals surface area (Å²) in [4.78, 5) is 37.0. The summed E-state index contributed by atoms with van der Waals surface area (Å²) in [5, 5.41) is 3.26. The molecule has 0 spiro atoms. The Balaban J connectivity index is 1.51. The molecule has 4 rings (SSSR count). The third kappa shape index (κ3) is 4.41. The van der Waals surface area contributed by atoms with E-state index < -0.39 is 17.5 Å². The van der Waals surface area contributed by atoms with Gasteiger partial charge in [0.1, 0.15) is 16.9 Å². The first kappa shape index (κ1) is 19.8. The molecule has 30 heavy (non-hydrogen) atoms. The fourth-order valence-electron chi connectivity index (χ4n) is 3.36. The minimum absolute atomic E-state index is 0.0212. The number of ether oxygens (including phenoxy) is 2. The molecule has 0 saturated carbocycles. The molecular formula is C23H21NO6. The van der Waals surface area contributed by atoms with E-state index in [0.29, 0.717) is 24.1 Å². The summed E-state index contributed by atoms with van der Waals surface area (Å²) in [5.41, 5.74) is 0.763. The van der Waals surface area contributed by atoms with Crippen LogP contribution in [0, 0.1) is 6.92 Å². The first-order chi connectivity index (χ1) is 14.5. The number of hydrogen-bond acceptors (Lipinski definition) is 6. The van der Waals surface area contributed by atoms with Crippen LogP contribution in [-0.2, 0) is 4.74 Å². The van der Waals surface area contributed by atoms with Gasteiger partial charge in [0.2, 0.25) is 0 Å². The average Bonchev–Trinajstić information content (AvgIpc) is 3.25. The van der Waals surface area contributed by atoms with Crippen LogP contribution in [-0.4, -0.2) is 31.1 Å². The molecule has 1 saturated heterocycles. The maximum atomic E-state index is 12.4. The highest BCUT2D eigenvalue weighted by Crippen LogP contribution is 2.22. The number of carbonyl (C=O) groups is 2. The standard InChI is InChI=1S/C23H21NO6/c1-14-4-2-5-16(10-14)22(26)29-17-8-7-15-11-19(23(27)30-20(15)12-17)21(25)24-13-18-6-3-9-28-18/h2,4-5,7-8,10-12,18H,3,6,9,13H2,1H3,(H,24,25). The molecule has 1 N–H and O–H groups in total. The van der Waals surface area contributed by atoms with Crippen molar-refractivity contribution < 1.29 is 23.5 Å². The molecule has 1 aromatic heterocycles. The van der Waals surface area contributed by atoms with Gasteiger partial charge in [-0.1, -0.05) is 17.7 Å². The summed E-state index contributed by atoms with van der Waals surface area (Å²) in [5.74, 6) is -0.769. The number of rotatable bonds is 5. The number of amides is 1. The van der Waals surface area contributed by atoms with Crippen molar-refractivity contribution in [3.05, 3.63) is 75.6 Å². The Labute approximate surface area is 172 Å². The monoisotopic (exact) mass is 407 g/mol. The Morgan fingerprint density at radius 2 is 2.03 bits per heavy atom. The van der Waals surface area contributed by atoms with Gasteiger partial charge in [-0.15, -0.1) is 0 Å². The number of hydrogen-bond donors (Lipinski definition) is 1. The zero-order chi connectivity index (χ0) is 21.1. The molecule has 7 nitrogen and oxygen atoms in total. The van der Waals surface area contributed by atoms with Crippen molar-refractivity contribution in [2.75, 3.05) is 13.2 Å². The lowest BCUT2D eigenvalue weighted by Crippen LogP contribution is -2.34. The lowest BCUT2D eigenvalue weighted by molar-refractivity contribution is 0.0734. The van der Waals surface area contributed by atoms with Gasteiger partial charge in [0, 0.05) is 24.6 Å². The van der Waals surface area contributed by atoms with Crippen LogP contribution in [0.2, 0.25) is 0 Å². The van der Waals surface area contributed by atoms with Gasteiger partial charge in [0.15, 0.2) is 0 Å². The largest absolute Gasteiger partial charge is 0.423 e. The lowest BCUT2D eigenvalue weighted by Gasteiger charge is -2.10. The minimum atomic E-state index is -0.755. The first-order valence-electron chi connectivity index (χ1n) is 9.76. The predicted molar refractivity (Wildman–Crippen MR) is 110 cm³/mol. The molecule has 7 heteroatoms. The van der Waals surface area contributed by atoms with Crippen LogP contribution in [0.25, 0.3) is 11.0 Å². The Morgan fingerprint density at radius 1 is 1.17 bits per heavy atom. The van der Waals surface area contributed by atoms with Gasteiger partial charge in [0.05, 0.1) is 11.7 Å². The highest BCUT2D eigenvalue weighted by Gasteiger charge is 2.19. The number of aryl methyl sites for hydroxylation is 1. The number of nitrogens with one attached hydrogen (secondary N) is 1. The summed E-state index contributed by atoms with van der Waals surface area (Å²) in [6, 6.07) is 13.2. The van der Waals surface area contributed by atoms with Gasteiger partial charge in [-0.2, -0.15) is 0 Å². The molecule has 0 bridgehead atoms. The van der Waals surface area contributed by atoms with Gasteiger partial charge in [-0.25, -0.2) is 9.59 Å². The molecule has 0 aliphatic carbocycles. The van der Waals surface area contributed by atoms with Gasteiger partial charge < -0.3 is 19.2 Å². The van der Waals surface area contributed by atoms with Gasteiger partial charge >= 0.3 is 11.6 Å². The van der Waals surface area contributed by atoms with E-state index in [1.807, 2.05) is 13.0 Å². The van der Waals surface area contributed by atoms with Gasteiger partial charge in [0.25, 0.3) is 5.91 Å². The van der Waals surface area contributed by atoms with E-state index >= 15 is 0 Å². The van der Waals surface area contributed by atoms with Crippen molar-refractivity contribution in [3.8, 4) is 5.75 Å². The predicted octanol–water partition coefficient (Wildman–Crippen LogP) is 3.23. The van der Waals surface area contributed by atoms with E-state index in [2.05, 4.69) is 5.32 Å². The number of esters is 1. The van der Waals surface area contributed by atoms with Crippen molar-refractivity contribution in [1.82, 2.24) is 5.32 Å². The molecule has 0 radical (unpaired) electrons. The van der Waals surface area contributed by atoms with Crippen LogP contribution >= 0.6 is 0 Å². The second kappa shape index (κ2) is 8.51. The van der Waals surface area contributed by atoms with E-state index in [1.165, 1.54) is 12.1 Å². The van der Waals surface area contributed by atoms with Crippen LogP contribution in [0.15, 0.2) is 57.7 Å². The van der Waals surface area contributed by atoms with Gasteiger partial charge in [-0.3, -0.25) is 4.79 Å². The molecule has 1 fully saturated rings. The third-order valence-corrected chi connectivity index (χ3v) is 4.93. The molecule has 154 valence electrons. The molecular weight excluding hydrogens is 386 g/mol. The summed E-state index contributed by atoms with van der Waals surface area (Å²) in [7, 11) is 0. The summed E-state index contributed by atoms with van der Waals surface area (Å²) >= 11 is 0. The zero-order valence-electron chi connectivity index (χ0n) is 16.5. The molecule has 3 aromatic rings. The summed E-state index contributed by atoms with van der Waals surface area (Å²) < 4.78 is 16.1. The van der Waals surface area contributed by atoms with Crippen molar-refractivity contribution >= 4 is 22.8 Å². The summed E-state index contributed by atoms with van der Waals surface area (Å²) in [6.45, 7) is 2.93. The van der Waals surface area contributed by atoms with E-state index in [4.69, 9.17) is 13.9 Å². The smallest absolute Gasteiger partial charge is 0.349 e. The number of fused-ring (bicyclic) bond motifs is 1. The van der Waals surface area contributed by atoms with E-state index in [1.54, 1.807) is 30.3 Å². The molecule has 2 heterocycles. The SMILES string of the molecule is Cc1cccc(C(=O)Oc2ccc3cc(C(=O)NCC4CCCO4)c(=O)oc3c2)c1. The topological polar surface area (TPSA) is 94.8 Å². The van der Waals surface area contributed by atoms with Crippen molar-refractivity contribution in [1.29, 1.82) is 0 Å². The zero-order valence-corrected chi connectivity index (χ0v) is 16.5. The average molecular weight is 407 g/mol. The lowest BCUT2D eigenvalue weighted by atomic mass is 10.1. The Hall–Kier alpha value is -3.45. The quantitative estimate of drug-likeness (QED) is 0.396. The Kier molecular flexibility index (Phi) is 5.63. The second-order valence-corrected chi connectivity index (χ2v) is 7.25. The minimum Gasteiger partial charge on any atom is -0.423 e. The molecule has 1 aliphatic rings. The Bertz CT molecular complexity index is 1160. The molecule has 1 atom stereocenters. The number of carbonyl (C=O) groups excluding carboxylic acids is 2. The Morgan fingerprint density at radius 3 is 2.80 bits per heavy atom. The van der Waals surface area contributed by atoms with Gasteiger partial charge in [-0.05, 0) is 50.1 Å². The van der Waals surface area contributed by atoms with E-state index in [9.17, 15) is 14.4 Å². The fourth-order valence-corrected chi connectivity index (χ4v) is 3.36. The maximum absolute atomic E-state index is 12.4. The first-order valence-corrected chi connectivity index (χ1v) is 9.76. The van der Waals surface area contributed by atoms with Crippen molar-refractivity contribution in [2.24, 2.45) is 0 Å². The normalized spacial score (nSPS) is 15.8. The van der Waals surface area contributed by atoms with Crippen LogP contribution in [0.1, 0.15) is 39.1 Å². The highest BCUT2D eigenvalue weighted by atomic mass is 16.5. The van der Waals surface area contributed by atoms with Crippen LogP contribution in [0.4, 0.5) is 0 Å². The molecule has 2 aromatic carbocycles. The van der Waals surface area contributed by atoms with E-state index in [0.717, 1.165) is 18.4 Å². The van der Waals surface area contributed by atoms with Crippen LogP contribution in [0.3, 0.4) is 0 Å².